The molecule has 1 saturated carbocycles. The minimum atomic E-state index is -0.177. The average Bonchev–Trinajstić information content (AvgIpc) is 2.74. The van der Waals surface area contributed by atoms with Crippen LogP contribution < -0.4 is 5.32 Å². The normalized spacial score (nSPS) is 22.8. The number of hydrogen-bond acceptors (Lipinski definition) is 3. The molecule has 0 saturated heterocycles. The molecule has 5 heteroatoms. The van der Waals surface area contributed by atoms with Crippen molar-refractivity contribution in [2.24, 2.45) is 13.0 Å². The summed E-state index contributed by atoms with van der Waals surface area (Å²) in [6.45, 7) is 2.71. The van der Waals surface area contributed by atoms with Gasteiger partial charge in [-0.05, 0) is 44.1 Å². The molecule has 0 aromatic carbocycles. The molecule has 1 aliphatic rings. The predicted octanol–water partition coefficient (Wildman–Crippen LogP) is 1.33. The third-order valence-corrected chi connectivity index (χ3v) is 4.30. The second kappa shape index (κ2) is 6.88. The summed E-state index contributed by atoms with van der Waals surface area (Å²) in [6.07, 6.45) is 6.80. The van der Waals surface area contributed by atoms with E-state index in [9.17, 15) is 9.90 Å². The maximum Gasteiger partial charge on any atom is 0.220 e. The van der Waals surface area contributed by atoms with Gasteiger partial charge < -0.3 is 10.4 Å². The van der Waals surface area contributed by atoms with Crippen molar-refractivity contribution in [2.45, 2.75) is 51.6 Å². The lowest BCUT2D eigenvalue weighted by atomic mass is 9.87. The van der Waals surface area contributed by atoms with E-state index in [-0.39, 0.29) is 12.0 Å². The summed E-state index contributed by atoms with van der Waals surface area (Å²) in [6, 6.07) is 0. The van der Waals surface area contributed by atoms with Crippen molar-refractivity contribution in [3.05, 3.63) is 17.5 Å². The fraction of sp³-hybridized carbons (Fsp3) is 0.733. The Kier molecular flexibility index (Phi) is 5.17. The average molecular weight is 279 g/mol. The smallest absolute Gasteiger partial charge is 0.220 e. The number of amides is 1. The van der Waals surface area contributed by atoms with Crippen LogP contribution in [0.2, 0.25) is 0 Å². The van der Waals surface area contributed by atoms with Crippen molar-refractivity contribution in [3.63, 3.8) is 0 Å². The molecular weight excluding hydrogens is 254 g/mol. The number of carbonyl (C=O) groups excluding carboxylic acids is 1. The number of aliphatic hydroxyl groups excluding tert-OH is 1. The van der Waals surface area contributed by atoms with Crippen LogP contribution in [0.4, 0.5) is 0 Å². The second-order valence-electron chi connectivity index (χ2n) is 5.87. The Balaban J connectivity index is 1.69. The summed E-state index contributed by atoms with van der Waals surface area (Å²) in [5.74, 6) is 0.524. The summed E-state index contributed by atoms with van der Waals surface area (Å²) in [4.78, 5) is 11.9. The summed E-state index contributed by atoms with van der Waals surface area (Å²) in [5.41, 5.74) is 2.25. The zero-order chi connectivity index (χ0) is 14.5. The third-order valence-electron chi connectivity index (χ3n) is 4.30. The molecule has 1 amide bonds. The Bertz CT molecular complexity index is 456. The molecule has 2 atom stereocenters. The SMILES string of the molecule is Cc1c(CCC(=O)NCC2CCCC(O)C2)cnn1C. The summed E-state index contributed by atoms with van der Waals surface area (Å²) in [7, 11) is 1.91. The maximum atomic E-state index is 11.9. The monoisotopic (exact) mass is 279 g/mol. The first-order valence-electron chi connectivity index (χ1n) is 7.48. The van der Waals surface area contributed by atoms with Gasteiger partial charge in [0, 0.05) is 25.7 Å². The second-order valence-corrected chi connectivity index (χ2v) is 5.87. The Morgan fingerprint density at radius 3 is 3.00 bits per heavy atom. The number of nitrogens with zero attached hydrogens (tertiary/aromatic N) is 2. The largest absolute Gasteiger partial charge is 0.393 e. The summed E-state index contributed by atoms with van der Waals surface area (Å²) in [5, 5.41) is 16.8. The van der Waals surface area contributed by atoms with Gasteiger partial charge in [0.15, 0.2) is 0 Å². The molecule has 2 unspecified atom stereocenters. The molecule has 112 valence electrons. The lowest BCUT2D eigenvalue weighted by Crippen LogP contribution is -2.33. The lowest BCUT2D eigenvalue weighted by Gasteiger charge is -2.25. The van der Waals surface area contributed by atoms with Crippen molar-refractivity contribution < 1.29 is 9.90 Å². The Hall–Kier alpha value is -1.36. The highest BCUT2D eigenvalue weighted by Crippen LogP contribution is 2.23. The van der Waals surface area contributed by atoms with Crippen molar-refractivity contribution in [2.75, 3.05) is 6.54 Å². The minimum Gasteiger partial charge on any atom is -0.393 e. The molecule has 5 nitrogen and oxygen atoms in total. The Morgan fingerprint density at radius 2 is 2.35 bits per heavy atom. The van der Waals surface area contributed by atoms with E-state index in [1.165, 1.54) is 0 Å². The molecule has 20 heavy (non-hydrogen) atoms. The van der Waals surface area contributed by atoms with Crippen LogP contribution in [0.1, 0.15) is 43.4 Å². The Morgan fingerprint density at radius 1 is 1.55 bits per heavy atom. The first-order valence-corrected chi connectivity index (χ1v) is 7.48. The van der Waals surface area contributed by atoms with E-state index in [0.717, 1.165) is 43.4 Å². The fourth-order valence-electron chi connectivity index (χ4n) is 2.83. The van der Waals surface area contributed by atoms with Gasteiger partial charge in [-0.1, -0.05) is 6.42 Å². The fourth-order valence-corrected chi connectivity index (χ4v) is 2.83. The maximum absolute atomic E-state index is 11.9. The van der Waals surface area contributed by atoms with Crippen LogP contribution in [0.25, 0.3) is 0 Å². The molecule has 2 rings (SSSR count). The quantitative estimate of drug-likeness (QED) is 0.854. The van der Waals surface area contributed by atoms with Crippen molar-refractivity contribution in [1.82, 2.24) is 15.1 Å². The number of rotatable bonds is 5. The highest BCUT2D eigenvalue weighted by Gasteiger charge is 2.20. The van der Waals surface area contributed by atoms with Crippen LogP contribution in [-0.4, -0.2) is 33.4 Å². The minimum absolute atomic E-state index is 0.0910. The van der Waals surface area contributed by atoms with E-state index in [1.807, 2.05) is 24.9 Å². The molecule has 0 bridgehead atoms. The first kappa shape index (κ1) is 15.0. The zero-order valence-corrected chi connectivity index (χ0v) is 12.4. The van der Waals surface area contributed by atoms with Crippen LogP contribution in [-0.2, 0) is 18.3 Å². The van der Waals surface area contributed by atoms with Gasteiger partial charge in [0.1, 0.15) is 0 Å². The van der Waals surface area contributed by atoms with Crippen LogP contribution in [0.3, 0.4) is 0 Å². The van der Waals surface area contributed by atoms with E-state index < -0.39 is 0 Å². The molecule has 1 aromatic rings. The number of aryl methyl sites for hydroxylation is 2. The highest BCUT2D eigenvalue weighted by molar-refractivity contribution is 5.76. The van der Waals surface area contributed by atoms with Gasteiger partial charge in [0.05, 0.1) is 12.3 Å². The Labute approximate surface area is 120 Å². The third kappa shape index (κ3) is 4.07. The molecular formula is C15H25N3O2. The highest BCUT2D eigenvalue weighted by atomic mass is 16.3. The summed E-state index contributed by atoms with van der Waals surface area (Å²) < 4.78 is 1.83. The number of carbonyl (C=O) groups is 1. The van der Waals surface area contributed by atoms with Crippen LogP contribution >= 0.6 is 0 Å². The first-order chi connectivity index (χ1) is 9.56. The molecule has 0 spiro atoms. The van der Waals surface area contributed by atoms with Gasteiger partial charge in [-0.15, -0.1) is 0 Å². The van der Waals surface area contributed by atoms with E-state index in [0.29, 0.717) is 18.9 Å². The number of hydrogen-bond donors (Lipinski definition) is 2. The van der Waals surface area contributed by atoms with Crippen molar-refractivity contribution >= 4 is 5.91 Å². The van der Waals surface area contributed by atoms with Gasteiger partial charge in [-0.3, -0.25) is 9.48 Å². The number of aliphatic hydroxyl groups is 1. The van der Waals surface area contributed by atoms with Crippen LogP contribution in [0.5, 0.6) is 0 Å². The standard InChI is InChI=1S/C15H25N3O2/c1-11-13(10-17-18(11)2)6-7-15(20)16-9-12-4-3-5-14(19)8-12/h10,12,14,19H,3-9H2,1-2H3,(H,16,20). The molecule has 0 aliphatic heterocycles. The van der Waals surface area contributed by atoms with Crippen molar-refractivity contribution in [3.8, 4) is 0 Å². The summed E-state index contributed by atoms with van der Waals surface area (Å²) >= 11 is 0. The molecule has 1 aromatic heterocycles. The zero-order valence-electron chi connectivity index (χ0n) is 12.4. The predicted molar refractivity (Wildman–Crippen MR) is 77.2 cm³/mol. The number of nitrogens with one attached hydrogen (secondary N) is 1. The van der Waals surface area contributed by atoms with Crippen LogP contribution in [0, 0.1) is 12.8 Å². The van der Waals surface area contributed by atoms with Gasteiger partial charge in [-0.2, -0.15) is 5.10 Å². The van der Waals surface area contributed by atoms with Gasteiger partial charge in [0.2, 0.25) is 5.91 Å². The lowest BCUT2D eigenvalue weighted by molar-refractivity contribution is -0.121. The molecule has 1 aliphatic carbocycles. The topological polar surface area (TPSA) is 67.2 Å². The molecule has 1 heterocycles. The molecule has 2 N–H and O–H groups in total. The number of aromatic nitrogens is 2. The van der Waals surface area contributed by atoms with Crippen molar-refractivity contribution in [1.29, 1.82) is 0 Å². The van der Waals surface area contributed by atoms with Gasteiger partial charge in [-0.25, -0.2) is 0 Å². The van der Waals surface area contributed by atoms with Crippen LogP contribution in [0.15, 0.2) is 6.20 Å². The van der Waals surface area contributed by atoms with E-state index >= 15 is 0 Å². The molecule has 0 radical (unpaired) electrons. The van der Waals surface area contributed by atoms with Gasteiger partial charge in [0.25, 0.3) is 0 Å². The molecule has 1 fully saturated rings. The van der Waals surface area contributed by atoms with Gasteiger partial charge >= 0.3 is 0 Å². The van der Waals surface area contributed by atoms with E-state index in [1.54, 1.807) is 0 Å². The van der Waals surface area contributed by atoms with E-state index in [2.05, 4.69) is 10.4 Å². The van der Waals surface area contributed by atoms with E-state index in [4.69, 9.17) is 0 Å².